The van der Waals surface area contributed by atoms with Crippen molar-refractivity contribution in [3.63, 3.8) is 0 Å². The van der Waals surface area contributed by atoms with E-state index >= 15 is 0 Å². The van der Waals surface area contributed by atoms with Crippen LogP contribution in [-0.2, 0) is 14.4 Å². The van der Waals surface area contributed by atoms with E-state index in [1.54, 1.807) is 0 Å². The normalized spacial score (nSPS) is 12.0. The Morgan fingerprint density at radius 1 is 0.889 bits per heavy atom. The lowest BCUT2D eigenvalue weighted by Gasteiger charge is -2.12. The predicted molar refractivity (Wildman–Crippen MR) is 62.4 cm³/mol. The predicted octanol–water partition coefficient (Wildman–Crippen LogP) is 0.539. The number of carbonyl (C=O) groups is 3. The van der Waals surface area contributed by atoms with E-state index in [9.17, 15) is 14.4 Å². The fraction of sp³-hybridized carbons (Fsp3) is 0.727. The van der Waals surface area contributed by atoms with Crippen molar-refractivity contribution in [2.75, 3.05) is 6.54 Å². The van der Waals surface area contributed by atoms with E-state index in [0.717, 1.165) is 0 Å². The topological polar surface area (TPSA) is 124 Å². The Morgan fingerprint density at radius 2 is 1.50 bits per heavy atom. The van der Waals surface area contributed by atoms with Crippen molar-refractivity contribution in [3.05, 3.63) is 0 Å². The molecule has 0 saturated carbocycles. The van der Waals surface area contributed by atoms with Crippen molar-refractivity contribution in [2.45, 2.75) is 44.6 Å². The van der Waals surface area contributed by atoms with Crippen LogP contribution in [0.25, 0.3) is 0 Å². The van der Waals surface area contributed by atoms with Crippen molar-refractivity contribution in [1.82, 2.24) is 5.32 Å². The number of carboxylic acids is 3. The van der Waals surface area contributed by atoms with Gasteiger partial charge in [0.25, 0.3) is 0 Å². The van der Waals surface area contributed by atoms with Crippen LogP contribution >= 0.6 is 0 Å². The second kappa shape index (κ2) is 9.41. The number of unbranched alkanes of at least 4 members (excludes halogenated alkanes) is 2. The molecule has 0 fully saturated rings. The molecule has 0 radical (unpaired) electrons. The minimum Gasteiger partial charge on any atom is -0.481 e. The molecule has 4 N–H and O–H groups in total. The Balaban J connectivity index is 3.67. The molecule has 0 aromatic heterocycles. The maximum atomic E-state index is 10.8. The maximum absolute atomic E-state index is 10.8. The summed E-state index contributed by atoms with van der Waals surface area (Å²) in [7, 11) is 0. The van der Waals surface area contributed by atoms with Gasteiger partial charge in [0.15, 0.2) is 0 Å². The van der Waals surface area contributed by atoms with Gasteiger partial charge in [0, 0.05) is 12.8 Å². The Labute approximate surface area is 105 Å². The summed E-state index contributed by atoms with van der Waals surface area (Å²) in [5.41, 5.74) is 0. The Kier molecular flexibility index (Phi) is 8.55. The number of nitrogens with one attached hydrogen (secondary N) is 1. The maximum Gasteiger partial charge on any atom is 0.320 e. The van der Waals surface area contributed by atoms with Gasteiger partial charge in [-0.1, -0.05) is 6.42 Å². The van der Waals surface area contributed by atoms with Crippen LogP contribution < -0.4 is 5.32 Å². The number of hydrogen-bond donors (Lipinski definition) is 4. The molecule has 0 aliphatic heterocycles. The summed E-state index contributed by atoms with van der Waals surface area (Å²) in [6.45, 7) is 0.441. The molecule has 18 heavy (non-hydrogen) atoms. The van der Waals surface area contributed by atoms with E-state index in [0.29, 0.717) is 25.8 Å². The van der Waals surface area contributed by atoms with Crippen LogP contribution in [0.3, 0.4) is 0 Å². The zero-order chi connectivity index (χ0) is 14.0. The standard InChI is InChI=1S/C11H19NO6/c13-9(14)4-2-1-3-7-12-8(11(17)18)5-6-10(15)16/h8,12H,1-7H2,(H,13,14)(H,15,16)(H,17,18)/t8-/m0/s1. The second-order valence-electron chi connectivity index (χ2n) is 3.98. The van der Waals surface area contributed by atoms with Crippen molar-refractivity contribution in [2.24, 2.45) is 0 Å². The van der Waals surface area contributed by atoms with Crippen molar-refractivity contribution in [3.8, 4) is 0 Å². The van der Waals surface area contributed by atoms with E-state index in [2.05, 4.69) is 5.32 Å². The molecule has 0 bridgehead atoms. The largest absolute Gasteiger partial charge is 0.481 e. The Hall–Kier alpha value is -1.63. The van der Waals surface area contributed by atoms with Crippen LogP contribution in [0.15, 0.2) is 0 Å². The monoisotopic (exact) mass is 261 g/mol. The van der Waals surface area contributed by atoms with Gasteiger partial charge in [-0.2, -0.15) is 0 Å². The van der Waals surface area contributed by atoms with E-state index in [1.165, 1.54) is 0 Å². The molecule has 0 rings (SSSR count). The van der Waals surface area contributed by atoms with Crippen LogP contribution in [0, 0.1) is 0 Å². The fourth-order valence-electron chi connectivity index (χ4n) is 1.43. The summed E-state index contributed by atoms with van der Waals surface area (Å²) >= 11 is 0. The van der Waals surface area contributed by atoms with Crippen molar-refractivity contribution in [1.29, 1.82) is 0 Å². The third-order valence-corrected chi connectivity index (χ3v) is 2.40. The van der Waals surface area contributed by atoms with Crippen LogP contribution in [0.4, 0.5) is 0 Å². The third-order valence-electron chi connectivity index (χ3n) is 2.40. The molecule has 1 atom stereocenters. The van der Waals surface area contributed by atoms with Gasteiger partial charge in [-0.05, 0) is 25.8 Å². The molecular formula is C11H19NO6. The number of aliphatic carboxylic acids is 3. The van der Waals surface area contributed by atoms with E-state index in [4.69, 9.17) is 15.3 Å². The van der Waals surface area contributed by atoms with Gasteiger partial charge in [0.2, 0.25) is 0 Å². The van der Waals surface area contributed by atoms with Crippen LogP contribution in [0.2, 0.25) is 0 Å². The summed E-state index contributed by atoms with van der Waals surface area (Å²) in [5, 5.41) is 28.4. The molecule has 0 heterocycles. The molecule has 0 aromatic carbocycles. The second-order valence-corrected chi connectivity index (χ2v) is 3.98. The SMILES string of the molecule is O=C(O)CCCCCN[C@@H](CCC(=O)O)C(=O)O. The first kappa shape index (κ1) is 16.4. The zero-order valence-corrected chi connectivity index (χ0v) is 10.1. The first-order valence-corrected chi connectivity index (χ1v) is 5.83. The van der Waals surface area contributed by atoms with Gasteiger partial charge in [-0.3, -0.25) is 14.4 Å². The van der Waals surface area contributed by atoms with Gasteiger partial charge in [-0.15, -0.1) is 0 Å². The highest BCUT2D eigenvalue weighted by Crippen LogP contribution is 2.01. The highest BCUT2D eigenvalue weighted by Gasteiger charge is 2.17. The van der Waals surface area contributed by atoms with Gasteiger partial charge in [0.05, 0.1) is 0 Å². The first-order chi connectivity index (χ1) is 8.43. The van der Waals surface area contributed by atoms with Crippen molar-refractivity contribution >= 4 is 17.9 Å². The molecule has 7 nitrogen and oxygen atoms in total. The first-order valence-electron chi connectivity index (χ1n) is 5.83. The minimum absolute atomic E-state index is 0.0415. The summed E-state index contributed by atoms with van der Waals surface area (Å²) < 4.78 is 0. The highest BCUT2D eigenvalue weighted by molar-refractivity contribution is 5.75. The number of carboxylic acid groups (broad SMARTS) is 3. The van der Waals surface area contributed by atoms with Crippen LogP contribution in [0.1, 0.15) is 38.5 Å². The molecule has 0 amide bonds. The molecule has 0 saturated heterocycles. The zero-order valence-electron chi connectivity index (χ0n) is 10.1. The average Bonchev–Trinajstić information content (AvgIpc) is 2.25. The summed E-state index contributed by atoms with van der Waals surface area (Å²) in [6, 6.07) is -0.861. The van der Waals surface area contributed by atoms with Gasteiger partial charge < -0.3 is 20.6 Å². The fourth-order valence-corrected chi connectivity index (χ4v) is 1.43. The molecule has 104 valence electrons. The molecular weight excluding hydrogens is 242 g/mol. The molecule has 0 aromatic rings. The molecule has 0 aliphatic rings. The van der Waals surface area contributed by atoms with Crippen molar-refractivity contribution < 1.29 is 29.7 Å². The number of hydrogen-bond acceptors (Lipinski definition) is 4. The van der Waals surface area contributed by atoms with E-state index < -0.39 is 23.9 Å². The van der Waals surface area contributed by atoms with Gasteiger partial charge in [-0.25, -0.2) is 0 Å². The quantitative estimate of drug-likeness (QED) is 0.400. The highest BCUT2D eigenvalue weighted by atomic mass is 16.4. The molecule has 0 unspecified atom stereocenters. The lowest BCUT2D eigenvalue weighted by molar-refractivity contribution is -0.141. The smallest absolute Gasteiger partial charge is 0.320 e. The van der Waals surface area contributed by atoms with Crippen LogP contribution in [-0.4, -0.2) is 45.8 Å². The third kappa shape index (κ3) is 9.59. The summed E-state index contributed by atoms with van der Waals surface area (Å²) in [6.07, 6.45) is 1.89. The minimum atomic E-state index is -1.07. The van der Waals surface area contributed by atoms with Crippen LogP contribution in [0.5, 0.6) is 0 Å². The molecule has 0 aliphatic carbocycles. The lowest BCUT2D eigenvalue weighted by atomic mass is 10.1. The Morgan fingerprint density at radius 3 is 2.00 bits per heavy atom. The Bertz CT molecular complexity index is 291. The summed E-state index contributed by atoms with van der Waals surface area (Å²) in [4.78, 5) is 31.3. The molecule has 7 heteroatoms. The van der Waals surface area contributed by atoms with E-state index in [1.807, 2.05) is 0 Å². The molecule has 0 spiro atoms. The van der Waals surface area contributed by atoms with E-state index in [-0.39, 0.29) is 19.3 Å². The lowest BCUT2D eigenvalue weighted by Crippen LogP contribution is -2.37. The van der Waals surface area contributed by atoms with Gasteiger partial charge >= 0.3 is 17.9 Å². The summed E-state index contributed by atoms with van der Waals surface area (Å²) in [5.74, 6) is -2.93. The number of rotatable bonds is 11. The average molecular weight is 261 g/mol. The van der Waals surface area contributed by atoms with Gasteiger partial charge in [0.1, 0.15) is 6.04 Å².